The maximum absolute atomic E-state index is 12.5. The van der Waals surface area contributed by atoms with Crippen LogP contribution in [0, 0.1) is 5.92 Å². The Labute approximate surface area is 121 Å². The van der Waals surface area contributed by atoms with E-state index >= 15 is 0 Å². The van der Waals surface area contributed by atoms with Gasteiger partial charge in [-0.1, -0.05) is 0 Å². The number of hydrogen-bond donors (Lipinski definition) is 1. The molecule has 1 aliphatic rings. The van der Waals surface area contributed by atoms with E-state index in [1.165, 1.54) is 0 Å². The lowest BCUT2D eigenvalue weighted by atomic mass is 9.85. The Hall–Kier alpha value is -0.290. The van der Waals surface area contributed by atoms with Gasteiger partial charge in [-0.25, -0.2) is 0 Å². The topological polar surface area (TPSA) is 15.3 Å². The molecule has 120 valence electrons. The molecule has 1 rings (SSSR count). The van der Waals surface area contributed by atoms with Crippen LogP contribution in [0.25, 0.3) is 0 Å². The van der Waals surface area contributed by atoms with Gasteiger partial charge in [-0.05, 0) is 72.5 Å². The smallest absolute Gasteiger partial charge is 0.314 e. The van der Waals surface area contributed by atoms with Crippen molar-refractivity contribution in [1.82, 2.24) is 10.2 Å². The molecule has 0 heterocycles. The molecule has 0 unspecified atom stereocenters. The van der Waals surface area contributed by atoms with E-state index in [9.17, 15) is 13.2 Å². The van der Waals surface area contributed by atoms with Gasteiger partial charge in [-0.2, -0.15) is 13.2 Å². The van der Waals surface area contributed by atoms with Gasteiger partial charge in [0.2, 0.25) is 0 Å². The zero-order valence-corrected chi connectivity index (χ0v) is 13.0. The van der Waals surface area contributed by atoms with Crippen LogP contribution in [0.2, 0.25) is 0 Å². The van der Waals surface area contributed by atoms with Crippen molar-refractivity contribution in [2.45, 2.75) is 70.6 Å². The van der Waals surface area contributed by atoms with E-state index in [1.807, 2.05) is 0 Å². The second-order valence-corrected chi connectivity index (χ2v) is 6.33. The van der Waals surface area contributed by atoms with Gasteiger partial charge < -0.3 is 10.2 Å². The Kier molecular flexibility index (Phi) is 7.30. The highest BCUT2D eigenvalue weighted by Gasteiger charge is 2.41. The van der Waals surface area contributed by atoms with Crippen molar-refractivity contribution in [2.75, 3.05) is 20.1 Å². The lowest BCUT2D eigenvalue weighted by Gasteiger charge is -2.30. The Balaban J connectivity index is 2.05. The summed E-state index contributed by atoms with van der Waals surface area (Å²) in [6.45, 7) is 6.36. The molecule has 0 atom stereocenters. The fourth-order valence-corrected chi connectivity index (χ4v) is 2.68. The highest BCUT2D eigenvalue weighted by Crippen LogP contribution is 2.37. The van der Waals surface area contributed by atoms with Crippen LogP contribution in [0.4, 0.5) is 13.2 Å². The predicted octanol–water partition coefficient (Wildman–Crippen LogP) is 3.82. The highest BCUT2D eigenvalue weighted by atomic mass is 19.4. The molecule has 5 heteroatoms. The molecule has 0 bridgehead atoms. The lowest BCUT2D eigenvalue weighted by molar-refractivity contribution is -0.182. The normalized spacial score (nSPS) is 24.6. The van der Waals surface area contributed by atoms with Crippen molar-refractivity contribution in [1.29, 1.82) is 0 Å². The first-order valence-corrected chi connectivity index (χ1v) is 7.81. The summed E-state index contributed by atoms with van der Waals surface area (Å²) in [6.07, 6.45) is 0.142. The van der Waals surface area contributed by atoms with Crippen LogP contribution < -0.4 is 5.32 Å². The molecule has 0 aromatic carbocycles. The van der Waals surface area contributed by atoms with Crippen LogP contribution in [-0.4, -0.2) is 43.3 Å². The molecule has 0 aromatic heterocycles. The number of nitrogens with zero attached hydrogens (tertiary/aromatic N) is 1. The first-order valence-electron chi connectivity index (χ1n) is 7.81. The quantitative estimate of drug-likeness (QED) is 0.718. The van der Waals surface area contributed by atoms with Gasteiger partial charge in [-0.3, -0.25) is 0 Å². The van der Waals surface area contributed by atoms with Crippen LogP contribution in [0.1, 0.15) is 52.4 Å². The molecule has 1 N–H and O–H groups in total. The van der Waals surface area contributed by atoms with Gasteiger partial charge in [0.05, 0.1) is 5.92 Å². The molecular weight excluding hydrogens is 265 g/mol. The van der Waals surface area contributed by atoms with Crippen LogP contribution >= 0.6 is 0 Å². The standard InChI is InChI=1S/C15H29F3N2/c1-12(2)20(3)11-5-4-10-19-14-8-6-13(7-9-14)15(16,17)18/h12-14,19H,4-11H2,1-3H3. The molecule has 2 nitrogen and oxygen atoms in total. The summed E-state index contributed by atoms with van der Waals surface area (Å²) in [6, 6.07) is 0.858. The zero-order valence-electron chi connectivity index (χ0n) is 13.0. The summed E-state index contributed by atoms with van der Waals surface area (Å²) in [5.41, 5.74) is 0. The minimum atomic E-state index is -3.99. The number of unbranched alkanes of at least 4 members (excludes halogenated alkanes) is 1. The molecule has 0 aromatic rings. The summed E-state index contributed by atoms with van der Waals surface area (Å²) in [5.74, 6) is -1.07. The Morgan fingerprint density at radius 3 is 2.20 bits per heavy atom. The summed E-state index contributed by atoms with van der Waals surface area (Å²) in [4.78, 5) is 2.31. The lowest BCUT2D eigenvalue weighted by Crippen LogP contribution is -2.37. The van der Waals surface area contributed by atoms with Crippen LogP contribution in [0.15, 0.2) is 0 Å². The molecule has 0 radical (unpaired) electrons. The molecule has 0 aliphatic heterocycles. The molecule has 1 saturated carbocycles. The van der Waals surface area contributed by atoms with E-state index in [1.54, 1.807) is 0 Å². The number of halogens is 3. The van der Waals surface area contributed by atoms with Crippen LogP contribution in [-0.2, 0) is 0 Å². The molecule has 1 fully saturated rings. The van der Waals surface area contributed by atoms with E-state index in [4.69, 9.17) is 0 Å². The fourth-order valence-electron chi connectivity index (χ4n) is 2.68. The van der Waals surface area contributed by atoms with Gasteiger partial charge in [0.15, 0.2) is 0 Å². The van der Waals surface area contributed by atoms with Crippen molar-refractivity contribution < 1.29 is 13.2 Å². The maximum atomic E-state index is 12.5. The summed E-state index contributed by atoms with van der Waals surface area (Å²) in [5, 5.41) is 3.41. The van der Waals surface area contributed by atoms with Crippen LogP contribution in [0.3, 0.4) is 0 Å². The summed E-state index contributed by atoms with van der Waals surface area (Å²) in [7, 11) is 2.12. The highest BCUT2D eigenvalue weighted by molar-refractivity contribution is 4.80. The minimum Gasteiger partial charge on any atom is -0.314 e. The minimum absolute atomic E-state index is 0.288. The van der Waals surface area contributed by atoms with Gasteiger partial charge in [0.25, 0.3) is 0 Å². The van der Waals surface area contributed by atoms with Crippen molar-refractivity contribution in [3.05, 3.63) is 0 Å². The van der Waals surface area contributed by atoms with E-state index in [-0.39, 0.29) is 18.9 Å². The third-order valence-corrected chi connectivity index (χ3v) is 4.44. The van der Waals surface area contributed by atoms with E-state index in [0.29, 0.717) is 18.9 Å². The van der Waals surface area contributed by atoms with E-state index in [2.05, 4.69) is 31.1 Å². The van der Waals surface area contributed by atoms with Crippen molar-refractivity contribution in [3.8, 4) is 0 Å². The summed E-state index contributed by atoms with van der Waals surface area (Å²) < 4.78 is 37.6. The third kappa shape index (κ3) is 6.44. The third-order valence-electron chi connectivity index (χ3n) is 4.44. The molecular formula is C15H29F3N2. The molecule has 0 spiro atoms. The molecule has 20 heavy (non-hydrogen) atoms. The Morgan fingerprint density at radius 2 is 1.70 bits per heavy atom. The van der Waals surface area contributed by atoms with Crippen molar-refractivity contribution in [2.24, 2.45) is 5.92 Å². The monoisotopic (exact) mass is 294 g/mol. The second-order valence-electron chi connectivity index (χ2n) is 6.33. The van der Waals surface area contributed by atoms with Gasteiger partial charge in [0.1, 0.15) is 0 Å². The first kappa shape index (κ1) is 17.8. The van der Waals surface area contributed by atoms with Crippen molar-refractivity contribution in [3.63, 3.8) is 0 Å². The molecule has 0 amide bonds. The average Bonchev–Trinajstić information content (AvgIpc) is 2.37. The van der Waals surface area contributed by atoms with Crippen molar-refractivity contribution >= 4 is 0 Å². The second kappa shape index (κ2) is 8.23. The first-order chi connectivity index (χ1) is 9.30. The number of alkyl halides is 3. The Bertz CT molecular complexity index is 258. The number of hydrogen-bond acceptors (Lipinski definition) is 2. The maximum Gasteiger partial charge on any atom is 0.391 e. The number of nitrogens with one attached hydrogen (secondary N) is 1. The largest absolute Gasteiger partial charge is 0.391 e. The zero-order chi connectivity index (χ0) is 15.2. The number of rotatable bonds is 7. The summed E-state index contributed by atoms with van der Waals surface area (Å²) >= 11 is 0. The van der Waals surface area contributed by atoms with Gasteiger partial charge in [0, 0.05) is 12.1 Å². The fraction of sp³-hybridized carbons (Fsp3) is 1.00. The molecule has 1 aliphatic carbocycles. The van der Waals surface area contributed by atoms with E-state index < -0.39 is 12.1 Å². The van der Waals surface area contributed by atoms with Gasteiger partial charge in [-0.15, -0.1) is 0 Å². The Morgan fingerprint density at radius 1 is 1.10 bits per heavy atom. The van der Waals surface area contributed by atoms with Gasteiger partial charge >= 0.3 is 6.18 Å². The van der Waals surface area contributed by atoms with Crippen LogP contribution in [0.5, 0.6) is 0 Å². The SMILES string of the molecule is CC(C)N(C)CCCCNC1CCC(C(F)(F)F)CC1. The average molecular weight is 294 g/mol. The predicted molar refractivity (Wildman–Crippen MR) is 76.8 cm³/mol. The molecule has 0 saturated heterocycles. The van der Waals surface area contributed by atoms with E-state index in [0.717, 1.165) is 25.9 Å².